The zero-order chi connectivity index (χ0) is 32.1. The molecule has 0 radical (unpaired) electrons. The Kier molecular flexibility index (Phi) is 9.48. The lowest BCUT2D eigenvalue weighted by Gasteiger charge is -2.15. The third kappa shape index (κ3) is 6.99. The Balaban J connectivity index is 1.14. The van der Waals surface area contributed by atoms with E-state index in [1.165, 1.54) is 12.1 Å². The summed E-state index contributed by atoms with van der Waals surface area (Å²) in [4.78, 5) is 36.7. The molecular formula is C36H34FN3O5S. The molecule has 0 unspecified atom stereocenters. The van der Waals surface area contributed by atoms with Gasteiger partial charge in [0.1, 0.15) is 23.1 Å². The van der Waals surface area contributed by atoms with Crippen LogP contribution in [0.1, 0.15) is 29.5 Å². The molecule has 10 heteroatoms. The number of ketones is 2. The first kappa shape index (κ1) is 31.5. The van der Waals surface area contributed by atoms with Gasteiger partial charge in [0, 0.05) is 63.1 Å². The molecule has 1 saturated carbocycles. The van der Waals surface area contributed by atoms with Crippen LogP contribution < -0.4 is 14.8 Å². The minimum atomic E-state index is -0.982. The Hall–Kier alpha value is -4.51. The zero-order valence-electron chi connectivity index (χ0n) is 25.7. The van der Waals surface area contributed by atoms with Crippen LogP contribution in [-0.4, -0.2) is 48.9 Å². The summed E-state index contributed by atoms with van der Waals surface area (Å²) in [6.07, 6.45) is 4.81. The number of carbonyl (C=O) groups excluding carboxylic acids is 2. The van der Waals surface area contributed by atoms with E-state index in [1.807, 2.05) is 24.4 Å². The monoisotopic (exact) mass is 639 g/mol. The van der Waals surface area contributed by atoms with Crippen molar-refractivity contribution in [2.45, 2.75) is 32.2 Å². The van der Waals surface area contributed by atoms with Crippen molar-refractivity contribution >= 4 is 33.1 Å². The van der Waals surface area contributed by atoms with E-state index in [2.05, 4.69) is 21.4 Å². The van der Waals surface area contributed by atoms with Crippen molar-refractivity contribution < 1.29 is 28.2 Å². The van der Waals surface area contributed by atoms with Gasteiger partial charge in [-0.3, -0.25) is 19.6 Å². The van der Waals surface area contributed by atoms with E-state index in [-0.39, 0.29) is 30.2 Å². The van der Waals surface area contributed by atoms with Crippen molar-refractivity contribution in [1.29, 1.82) is 0 Å². The van der Waals surface area contributed by atoms with E-state index < -0.39 is 5.41 Å². The van der Waals surface area contributed by atoms with Crippen molar-refractivity contribution in [3.05, 3.63) is 102 Å². The highest BCUT2D eigenvalue weighted by molar-refractivity contribution is 7.22. The maximum Gasteiger partial charge on any atom is 0.150 e. The summed E-state index contributed by atoms with van der Waals surface area (Å²) in [5.41, 5.74) is 3.15. The predicted octanol–water partition coefficient (Wildman–Crippen LogP) is 6.74. The molecule has 0 bridgehead atoms. The van der Waals surface area contributed by atoms with E-state index in [9.17, 15) is 14.0 Å². The quantitative estimate of drug-likeness (QED) is 0.0994. The molecule has 3 aromatic heterocycles. The molecule has 0 aliphatic heterocycles. The molecule has 0 saturated heterocycles. The van der Waals surface area contributed by atoms with Gasteiger partial charge in [-0.1, -0.05) is 24.3 Å². The number of benzene rings is 2. The van der Waals surface area contributed by atoms with Crippen LogP contribution in [0.25, 0.3) is 20.8 Å². The fourth-order valence-electron chi connectivity index (χ4n) is 5.40. The van der Waals surface area contributed by atoms with Crippen LogP contribution >= 0.6 is 11.3 Å². The molecule has 1 N–H and O–H groups in total. The minimum absolute atomic E-state index is 0.0708. The van der Waals surface area contributed by atoms with Crippen LogP contribution in [0.5, 0.6) is 17.2 Å². The second kappa shape index (κ2) is 13.9. The van der Waals surface area contributed by atoms with Gasteiger partial charge in [-0.05, 0) is 54.3 Å². The van der Waals surface area contributed by atoms with Crippen molar-refractivity contribution in [2.24, 2.45) is 5.41 Å². The number of fused-ring (bicyclic) bond motifs is 1. The molecule has 0 amide bonds. The average Bonchev–Trinajstić information content (AvgIpc) is 3.78. The number of aromatic nitrogens is 2. The molecule has 5 aromatic rings. The van der Waals surface area contributed by atoms with E-state index in [0.717, 1.165) is 39.4 Å². The second-order valence-corrected chi connectivity index (χ2v) is 12.4. The number of nitrogens with zero attached hydrogens (tertiary/aromatic N) is 2. The van der Waals surface area contributed by atoms with Crippen LogP contribution in [-0.2, 0) is 33.7 Å². The Morgan fingerprint density at radius 2 is 1.70 bits per heavy atom. The van der Waals surface area contributed by atoms with Crippen molar-refractivity contribution in [3.8, 4) is 27.8 Å². The van der Waals surface area contributed by atoms with Gasteiger partial charge in [0.2, 0.25) is 0 Å². The third-order valence-electron chi connectivity index (χ3n) is 8.20. The largest absolute Gasteiger partial charge is 0.496 e. The Morgan fingerprint density at radius 1 is 0.913 bits per heavy atom. The van der Waals surface area contributed by atoms with Gasteiger partial charge in [-0.25, -0.2) is 4.39 Å². The Morgan fingerprint density at radius 3 is 2.41 bits per heavy atom. The van der Waals surface area contributed by atoms with Crippen LogP contribution in [0.3, 0.4) is 0 Å². The zero-order valence-corrected chi connectivity index (χ0v) is 26.5. The summed E-state index contributed by atoms with van der Waals surface area (Å²) >= 11 is 1.55. The van der Waals surface area contributed by atoms with Crippen molar-refractivity contribution in [3.63, 3.8) is 0 Å². The number of nitrogens with one attached hydrogen (secondary N) is 1. The van der Waals surface area contributed by atoms with Crippen LogP contribution in [0, 0.1) is 11.2 Å². The molecule has 236 valence electrons. The van der Waals surface area contributed by atoms with E-state index >= 15 is 0 Å². The highest BCUT2D eigenvalue weighted by Crippen LogP contribution is 2.49. The first-order valence-electron chi connectivity index (χ1n) is 15.1. The van der Waals surface area contributed by atoms with Gasteiger partial charge in [0.25, 0.3) is 0 Å². The maximum atomic E-state index is 13.4. The van der Waals surface area contributed by atoms with Gasteiger partial charge in [-0.15, -0.1) is 11.3 Å². The number of carbonyl (C=O) groups is 2. The predicted molar refractivity (Wildman–Crippen MR) is 175 cm³/mol. The molecule has 3 heterocycles. The number of hydrogen-bond donors (Lipinski definition) is 1. The average molecular weight is 640 g/mol. The van der Waals surface area contributed by atoms with Crippen molar-refractivity contribution in [1.82, 2.24) is 15.3 Å². The van der Waals surface area contributed by atoms with Crippen molar-refractivity contribution in [2.75, 3.05) is 27.4 Å². The molecule has 46 heavy (non-hydrogen) atoms. The van der Waals surface area contributed by atoms with Gasteiger partial charge in [0.15, 0.2) is 11.6 Å². The smallest absolute Gasteiger partial charge is 0.150 e. The molecule has 8 nitrogen and oxygen atoms in total. The molecule has 0 atom stereocenters. The molecular weight excluding hydrogens is 605 g/mol. The molecule has 1 aliphatic rings. The molecule has 0 spiro atoms. The second-order valence-electron chi connectivity index (χ2n) is 11.3. The summed E-state index contributed by atoms with van der Waals surface area (Å²) in [5.74, 6) is 1.09. The standard InChI is InChI=1S/C36H34FN3O5S/c1-43-16-15-38-21-24-5-10-28(40-22-24)32-20-29-35(46-32)30(11-14-39-29)45-27-9-6-25(31(19-27)44-2)18-34(42)36(12-13-36)33(41)17-23-3-7-26(37)8-4-23/h3-11,14,19-20,22,38H,12-13,15-18,21H2,1-2H3. The summed E-state index contributed by atoms with van der Waals surface area (Å²) in [7, 11) is 3.23. The third-order valence-corrected chi connectivity index (χ3v) is 9.36. The first-order valence-corrected chi connectivity index (χ1v) is 15.9. The minimum Gasteiger partial charge on any atom is -0.496 e. The Bertz CT molecular complexity index is 1850. The van der Waals surface area contributed by atoms with E-state index in [1.54, 1.807) is 62.1 Å². The number of Topliss-reactive ketones (excluding diaryl/α,β-unsaturated/α-hetero) is 2. The highest BCUT2D eigenvalue weighted by Gasteiger charge is 2.54. The van der Waals surface area contributed by atoms with Gasteiger partial charge in [0.05, 0.1) is 39.9 Å². The number of rotatable bonds is 15. The van der Waals surface area contributed by atoms with Gasteiger partial charge >= 0.3 is 0 Å². The fraction of sp³-hybridized carbons (Fsp3) is 0.278. The normalized spacial score (nSPS) is 13.5. The molecule has 1 aliphatic carbocycles. The maximum absolute atomic E-state index is 13.4. The van der Waals surface area contributed by atoms with Crippen LogP contribution in [0.2, 0.25) is 0 Å². The van der Waals surface area contributed by atoms with Gasteiger partial charge in [-0.2, -0.15) is 0 Å². The summed E-state index contributed by atoms with van der Waals surface area (Å²) in [6.45, 7) is 2.15. The number of methoxy groups -OCH3 is 2. The lowest BCUT2D eigenvalue weighted by Crippen LogP contribution is -2.29. The van der Waals surface area contributed by atoms with E-state index in [0.29, 0.717) is 47.8 Å². The Labute approximate surface area is 270 Å². The number of ether oxygens (including phenoxy) is 3. The van der Waals surface area contributed by atoms with E-state index in [4.69, 9.17) is 14.2 Å². The molecule has 1 fully saturated rings. The highest BCUT2D eigenvalue weighted by atomic mass is 32.1. The van der Waals surface area contributed by atoms with Crippen LogP contribution in [0.15, 0.2) is 79.1 Å². The van der Waals surface area contributed by atoms with Crippen LogP contribution in [0.4, 0.5) is 4.39 Å². The summed E-state index contributed by atoms with van der Waals surface area (Å²) in [5, 5.41) is 3.32. The summed E-state index contributed by atoms with van der Waals surface area (Å²) < 4.78 is 31.2. The fourth-order valence-corrected chi connectivity index (χ4v) is 6.44. The number of halogens is 1. The SMILES string of the molecule is COCCNCc1ccc(-c2cc3nccc(Oc4ccc(CC(=O)C5(C(=O)Cc6ccc(F)cc6)CC5)c(OC)c4)c3s2)nc1. The molecule has 6 rings (SSSR count). The lowest BCUT2D eigenvalue weighted by molar-refractivity contribution is -0.133. The first-order chi connectivity index (χ1) is 22.4. The topological polar surface area (TPSA) is 99.6 Å². The summed E-state index contributed by atoms with van der Waals surface area (Å²) in [6, 6.07) is 19.1. The van der Waals surface area contributed by atoms with Gasteiger partial charge < -0.3 is 19.5 Å². The number of thiophene rings is 1. The molecule has 2 aromatic carbocycles. The number of hydrogen-bond acceptors (Lipinski definition) is 9. The lowest BCUT2D eigenvalue weighted by atomic mass is 9.87. The number of pyridine rings is 2.